The topological polar surface area (TPSA) is 122 Å². The number of aliphatic carboxylic acids is 1. The number of carbonyl (C=O) groups excluding carboxylic acids is 1. The molecule has 11 heteroatoms. The van der Waals surface area contributed by atoms with E-state index >= 15 is 0 Å². The van der Waals surface area contributed by atoms with Gasteiger partial charge >= 0.3 is 12.1 Å². The predicted molar refractivity (Wildman–Crippen MR) is 147 cm³/mol. The number of aromatic nitrogens is 2. The van der Waals surface area contributed by atoms with Crippen molar-refractivity contribution in [3.05, 3.63) is 75.6 Å². The number of likely N-dealkylation sites (tertiary alicyclic amines) is 1. The molecule has 0 saturated carbocycles. The van der Waals surface area contributed by atoms with Gasteiger partial charge in [-0.25, -0.2) is 9.78 Å². The summed E-state index contributed by atoms with van der Waals surface area (Å²) in [6, 6.07) is 14.2. The molecule has 0 unspecified atom stereocenters. The number of nitriles is 1. The summed E-state index contributed by atoms with van der Waals surface area (Å²) in [6.07, 6.45) is -1.33. The molecule has 0 radical (unpaired) electrons. The highest BCUT2D eigenvalue weighted by Crippen LogP contribution is 2.31. The zero-order valence-corrected chi connectivity index (χ0v) is 22.9. The number of benzene rings is 2. The number of nitrogens with one attached hydrogen (secondary N) is 2. The van der Waals surface area contributed by atoms with Gasteiger partial charge in [-0.2, -0.15) is 18.4 Å². The summed E-state index contributed by atoms with van der Waals surface area (Å²) in [5, 5.41) is 19.6. The van der Waals surface area contributed by atoms with E-state index in [0.717, 1.165) is 85.6 Å². The number of hydrogen-bond donors (Lipinski definition) is 3. The van der Waals surface area contributed by atoms with Crippen molar-refractivity contribution >= 4 is 11.9 Å². The molecule has 3 heterocycles. The molecule has 2 aliphatic rings. The molecule has 0 aliphatic carbocycles. The number of fused-ring (bicyclic) bond motifs is 1. The Kier molecular flexibility index (Phi) is 9.13. The number of nitrogens with zero attached hydrogens (tertiary/aromatic N) is 3. The van der Waals surface area contributed by atoms with Crippen LogP contribution in [0.1, 0.15) is 62.8 Å². The molecule has 3 N–H and O–H groups in total. The van der Waals surface area contributed by atoms with Crippen molar-refractivity contribution in [2.75, 3.05) is 26.2 Å². The number of H-pyrrole nitrogens is 1. The van der Waals surface area contributed by atoms with Crippen LogP contribution in [0.5, 0.6) is 0 Å². The SMILES string of the molecule is Cc1cc(C)c(-c2nc3c([nH]2)CCNCC3)cc1C(=O)N1CCC(c2ccc(C#N)cc2)CC1.O=C(O)C(F)(F)F. The van der Waals surface area contributed by atoms with Crippen LogP contribution in [0.15, 0.2) is 36.4 Å². The number of halogens is 3. The summed E-state index contributed by atoms with van der Waals surface area (Å²) in [5.41, 5.74) is 8.22. The average molecular weight is 568 g/mol. The maximum Gasteiger partial charge on any atom is 0.490 e. The maximum absolute atomic E-state index is 13.5. The minimum atomic E-state index is -5.08. The third-order valence-corrected chi connectivity index (χ3v) is 7.55. The van der Waals surface area contributed by atoms with Gasteiger partial charge in [-0.3, -0.25) is 4.79 Å². The highest BCUT2D eigenvalue weighted by molar-refractivity contribution is 5.97. The summed E-state index contributed by atoms with van der Waals surface area (Å²) in [5.74, 6) is -1.35. The van der Waals surface area contributed by atoms with Gasteiger partial charge < -0.3 is 20.3 Å². The first-order valence-corrected chi connectivity index (χ1v) is 13.5. The number of alkyl halides is 3. The Bertz CT molecular complexity index is 1430. The molecule has 1 fully saturated rings. The Morgan fingerprint density at radius 2 is 1.68 bits per heavy atom. The lowest BCUT2D eigenvalue weighted by Gasteiger charge is -2.32. The first-order chi connectivity index (χ1) is 19.5. The minimum Gasteiger partial charge on any atom is -0.475 e. The van der Waals surface area contributed by atoms with Crippen molar-refractivity contribution in [1.29, 1.82) is 5.26 Å². The van der Waals surface area contributed by atoms with Gasteiger partial charge in [0.25, 0.3) is 5.91 Å². The highest BCUT2D eigenvalue weighted by atomic mass is 19.4. The van der Waals surface area contributed by atoms with Gasteiger partial charge in [-0.15, -0.1) is 0 Å². The molecule has 3 aromatic rings. The van der Waals surface area contributed by atoms with Gasteiger partial charge in [0.05, 0.1) is 17.3 Å². The van der Waals surface area contributed by atoms with E-state index in [1.807, 2.05) is 30.0 Å². The van der Waals surface area contributed by atoms with Crippen LogP contribution in [0.25, 0.3) is 11.4 Å². The quantitative estimate of drug-likeness (QED) is 0.414. The first-order valence-electron chi connectivity index (χ1n) is 13.5. The van der Waals surface area contributed by atoms with Crippen LogP contribution in [0.2, 0.25) is 0 Å². The molecule has 41 heavy (non-hydrogen) atoms. The van der Waals surface area contributed by atoms with Crippen LogP contribution in [0.3, 0.4) is 0 Å². The number of piperidine rings is 1. The zero-order chi connectivity index (χ0) is 29.7. The lowest BCUT2D eigenvalue weighted by Crippen LogP contribution is -2.38. The third-order valence-electron chi connectivity index (χ3n) is 7.55. The molecule has 2 aromatic carbocycles. The first kappa shape index (κ1) is 29.8. The van der Waals surface area contributed by atoms with E-state index in [-0.39, 0.29) is 5.91 Å². The van der Waals surface area contributed by atoms with Crippen molar-refractivity contribution in [3.63, 3.8) is 0 Å². The Hall–Kier alpha value is -4.17. The number of rotatable bonds is 3. The van der Waals surface area contributed by atoms with Crippen LogP contribution in [0.4, 0.5) is 13.2 Å². The fourth-order valence-electron chi connectivity index (χ4n) is 5.29. The average Bonchev–Trinajstić information content (AvgIpc) is 3.22. The molecule has 216 valence electrons. The van der Waals surface area contributed by atoms with E-state index in [1.54, 1.807) is 0 Å². The van der Waals surface area contributed by atoms with Crippen molar-refractivity contribution in [1.82, 2.24) is 20.2 Å². The summed E-state index contributed by atoms with van der Waals surface area (Å²) in [4.78, 5) is 32.9. The molecule has 8 nitrogen and oxygen atoms in total. The van der Waals surface area contributed by atoms with Crippen LogP contribution in [-0.2, 0) is 17.6 Å². The molecule has 0 atom stereocenters. The summed E-state index contributed by atoms with van der Waals surface area (Å²) in [7, 11) is 0. The second-order valence-corrected chi connectivity index (χ2v) is 10.3. The lowest BCUT2D eigenvalue weighted by atomic mass is 9.88. The second kappa shape index (κ2) is 12.6. The smallest absolute Gasteiger partial charge is 0.475 e. The van der Waals surface area contributed by atoms with E-state index in [1.165, 1.54) is 11.3 Å². The number of aromatic amines is 1. The normalized spacial score (nSPS) is 15.7. The van der Waals surface area contributed by atoms with Gasteiger partial charge in [-0.1, -0.05) is 18.2 Å². The van der Waals surface area contributed by atoms with Gasteiger partial charge in [0, 0.05) is 55.8 Å². The molecular formula is C30H32F3N5O3. The van der Waals surface area contributed by atoms with E-state index in [0.29, 0.717) is 11.5 Å². The number of amides is 1. The standard InChI is InChI=1S/C28H31N5O.C2HF3O2/c1-18-15-19(2)24(16-23(18)27-31-25-7-11-30-12-8-26(25)32-27)28(34)33-13-9-22(10-14-33)21-5-3-20(17-29)4-6-21;3-2(4,5)1(6)7/h3-6,15-16,22,30H,7-14H2,1-2H3,(H,31,32);(H,6,7). The Morgan fingerprint density at radius 3 is 2.29 bits per heavy atom. The molecule has 1 amide bonds. The fourth-order valence-corrected chi connectivity index (χ4v) is 5.29. The van der Waals surface area contributed by atoms with Crippen LogP contribution >= 0.6 is 0 Å². The lowest BCUT2D eigenvalue weighted by molar-refractivity contribution is -0.192. The maximum atomic E-state index is 13.5. The highest BCUT2D eigenvalue weighted by Gasteiger charge is 2.38. The predicted octanol–water partition coefficient (Wildman–Crippen LogP) is 4.91. The number of hydrogen-bond acceptors (Lipinski definition) is 5. The zero-order valence-electron chi connectivity index (χ0n) is 22.9. The Balaban J connectivity index is 0.000000493. The fraction of sp³-hybridized carbons (Fsp3) is 0.400. The summed E-state index contributed by atoms with van der Waals surface area (Å²) >= 11 is 0. The number of aryl methyl sites for hydroxylation is 2. The van der Waals surface area contributed by atoms with Gasteiger partial charge in [0.15, 0.2) is 0 Å². The van der Waals surface area contributed by atoms with Gasteiger partial charge in [0.2, 0.25) is 0 Å². The van der Waals surface area contributed by atoms with Crippen LogP contribution < -0.4 is 5.32 Å². The molecule has 5 rings (SSSR count). The molecule has 2 aliphatic heterocycles. The number of carboxylic acid groups (broad SMARTS) is 1. The van der Waals surface area contributed by atoms with Crippen LogP contribution in [-0.4, -0.2) is 64.2 Å². The van der Waals surface area contributed by atoms with Crippen molar-refractivity contribution in [3.8, 4) is 17.5 Å². The third kappa shape index (κ3) is 7.13. The Morgan fingerprint density at radius 1 is 1.05 bits per heavy atom. The molecule has 1 aromatic heterocycles. The summed E-state index contributed by atoms with van der Waals surface area (Å²) in [6.45, 7) is 7.52. The molecule has 0 bridgehead atoms. The van der Waals surface area contributed by atoms with Crippen molar-refractivity contribution < 1.29 is 27.9 Å². The monoisotopic (exact) mass is 567 g/mol. The second-order valence-electron chi connectivity index (χ2n) is 10.3. The molecular weight excluding hydrogens is 535 g/mol. The summed E-state index contributed by atoms with van der Waals surface area (Å²) < 4.78 is 31.7. The van der Waals surface area contributed by atoms with Crippen molar-refractivity contribution in [2.45, 2.75) is 51.6 Å². The molecule has 0 spiro atoms. The minimum absolute atomic E-state index is 0.106. The largest absolute Gasteiger partial charge is 0.490 e. The number of imidazole rings is 1. The Labute approximate surface area is 236 Å². The van der Waals surface area contributed by atoms with Crippen molar-refractivity contribution in [2.24, 2.45) is 0 Å². The molecule has 1 saturated heterocycles. The van der Waals surface area contributed by atoms with E-state index in [9.17, 15) is 18.0 Å². The van der Waals surface area contributed by atoms with E-state index < -0.39 is 12.1 Å². The van der Waals surface area contributed by atoms with E-state index in [4.69, 9.17) is 20.1 Å². The van der Waals surface area contributed by atoms with Gasteiger partial charge in [0.1, 0.15) is 5.82 Å². The number of carboxylic acids is 1. The van der Waals surface area contributed by atoms with E-state index in [2.05, 4.69) is 41.5 Å². The van der Waals surface area contributed by atoms with Crippen LogP contribution in [0, 0.1) is 25.2 Å². The number of carbonyl (C=O) groups is 2. The van der Waals surface area contributed by atoms with Gasteiger partial charge in [-0.05, 0) is 67.5 Å².